The van der Waals surface area contributed by atoms with Gasteiger partial charge >= 0.3 is 18.2 Å². The van der Waals surface area contributed by atoms with Gasteiger partial charge in [0.2, 0.25) is 0 Å². The van der Waals surface area contributed by atoms with Gasteiger partial charge in [-0.05, 0) is 84.8 Å². The average Bonchev–Trinajstić information content (AvgIpc) is 2.97. The predicted molar refractivity (Wildman–Crippen MR) is 151 cm³/mol. The van der Waals surface area contributed by atoms with Crippen molar-refractivity contribution in [3.05, 3.63) is 101 Å². The Bertz CT molecular complexity index is 1470. The summed E-state index contributed by atoms with van der Waals surface area (Å²) in [5.74, 6) is -2.94. The highest BCUT2D eigenvalue weighted by atomic mass is 19.4. The Morgan fingerprint density at radius 3 is 2.26 bits per heavy atom. The zero-order chi connectivity index (χ0) is 30.3. The number of carboxylic acid groups (broad SMARTS) is 1. The number of halogens is 4. The summed E-state index contributed by atoms with van der Waals surface area (Å²) in [5.41, 5.74) is 1.89. The molecule has 0 radical (unpaired) electrons. The Balaban J connectivity index is 1.57. The number of benzene rings is 3. The van der Waals surface area contributed by atoms with Crippen molar-refractivity contribution in [1.29, 1.82) is 0 Å². The maximum atomic E-state index is 13.8. The lowest BCUT2D eigenvalue weighted by atomic mass is 9.93. The maximum absolute atomic E-state index is 13.8. The van der Waals surface area contributed by atoms with Crippen molar-refractivity contribution < 1.29 is 37.1 Å². The van der Waals surface area contributed by atoms with Gasteiger partial charge in [-0.25, -0.2) is 9.18 Å². The zero-order valence-electron chi connectivity index (χ0n) is 22.5. The Morgan fingerprint density at radius 2 is 1.64 bits per heavy atom. The second-order valence-electron chi connectivity index (χ2n) is 9.83. The molecule has 3 N–H and O–H groups in total. The molecule has 0 aliphatic heterocycles. The van der Waals surface area contributed by atoms with E-state index in [0.717, 1.165) is 37.3 Å². The van der Waals surface area contributed by atoms with E-state index in [1.54, 1.807) is 24.3 Å². The summed E-state index contributed by atoms with van der Waals surface area (Å²) in [6.07, 6.45) is 1.21. The number of amides is 3. The van der Waals surface area contributed by atoms with Crippen LogP contribution in [0.25, 0.3) is 5.57 Å². The Kier molecular flexibility index (Phi) is 9.61. The molecule has 3 aromatic carbocycles. The van der Waals surface area contributed by atoms with Gasteiger partial charge < -0.3 is 15.7 Å². The second kappa shape index (κ2) is 13.3. The van der Waals surface area contributed by atoms with E-state index in [2.05, 4.69) is 16.7 Å². The highest BCUT2D eigenvalue weighted by molar-refractivity contribution is 6.02. The molecule has 0 spiro atoms. The first-order chi connectivity index (χ1) is 20.0. The van der Waals surface area contributed by atoms with E-state index in [0.29, 0.717) is 23.4 Å². The minimum absolute atomic E-state index is 0.00210. The maximum Gasteiger partial charge on any atom is 0.419 e. The van der Waals surface area contributed by atoms with Crippen molar-refractivity contribution in [2.45, 2.75) is 44.8 Å². The number of urea groups is 1. The number of nitrogens with one attached hydrogen (secondary N) is 2. The van der Waals surface area contributed by atoms with Crippen LogP contribution in [0.5, 0.6) is 0 Å². The van der Waals surface area contributed by atoms with Crippen LogP contribution in [0.4, 0.5) is 33.7 Å². The van der Waals surface area contributed by atoms with Crippen LogP contribution in [0, 0.1) is 5.82 Å². The van der Waals surface area contributed by atoms with E-state index in [1.165, 1.54) is 22.6 Å². The number of hydrogen-bond donors (Lipinski definition) is 3. The van der Waals surface area contributed by atoms with Crippen molar-refractivity contribution >= 4 is 34.9 Å². The normalized spacial score (nSPS) is 13.2. The summed E-state index contributed by atoms with van der Waals surface area (Å²) in [4.78, 5) is 37.7. The number of carbonyl (C=O) groups excluding carboxylic acids is 2. The quantitative estimate of drug-likeness (QED) is 0.231. The fourth-order valence-electron chi connectivity index (χ4n) is 4.58. The third-order valence-corrected chi connectivity index (χ3v) is 6.79. The fourth-order valence-corrected chi connectivity index (χ4v) is 4.58. The number of rotatable bonds is 9. The van der Waals surface area contributed by atoms with Gasteiger partial charge in [-0.15, -0.1) is 0 Å². The fraction of sp³-hybridized carbons (Fsp3) is 0.258. The summed E-state index contributed by atoms with van der Waals surface area (Å²) in [6.45, 7) is -0.0294. The molecule has 0 bridgehead atoms. The van der Waals surface area contributed by atoms with Crippen molar-refractivity contribution in [1.82, 2.24) is 5.32 Å². The first-order valence-electron chi connectivity index (χ1n) is 13.3. The minimum Gasteiger partial charge on any atom is -0.481 e. The number of allylic oxidation sites excluding steroid dienone is 2. The van der Waals surface area contributed by atoms with Crippen molar-refractivity contribution in [3.63, 3.8) is 0 Å². The Morgan fingerprint density at radius 1 is 0.929 bits per heavy atom. The molecular formula is C31H29F4N3O4. The van der Waals surface area contributed by atoms with E-state index in [4.69, 9.17) is 5.11 Å². The Hall–Kier alpha value is -4.67. The number of carbonyl (C=O) groups is 3. The summed E-state index contributed by atoms with van der Waals surface area (Å²) in [5, 5.41) is 13.7. The van der Waals surface area contributed by atoms with Crippen LogP contribution in [-0.2, 0) is 17.5 Å². The molecule has 3 amide bonds. The summed E-state index contributed by atoms with van der Waals surface area (Å²) in [7, 11) is 0. The molecule has 42 heavy (non-hydrogen) atoms. The van der Waals surface area contributed by atoms with Crippen molar-refractivity contribution in [2.24, 2.45) is 0 Å². The topological polar surface area (TPSA) is 98.7 Å². The molecule has 1 aliphatic carbocycles. The first kappa shape index (κ1) is 30.3. The minimum atomic E-state index is -4.93. The van der Waals surface area contributed by atoms with E-state index in [-0.39, 0.29) is 30.8 Å². The molecule has 0 atom stereocenters. The van der Waals surface area contributed by atoms with Crippen LogP contribution in [0.2, 0.25) is 0 Å². The highest BCUT2D eigenvalue weighted by Crippen LogP contribution is 2.33. The van der Waals surface area contributed by atoms with Crippen LogP contribution in [0.1, 0.15) is 59.2 Å². The molecule has 0 aromatic heterocycles. The lowest BCUT2D eigenvalue weighted by molar-refractivity contribution is -0.140. The largest absolute Gasteiger partial charge is 0.481 e. The number of alkyl halides is 3. The lowest BCUT2D eigenvalue weighted by Crippen LogP contribution is -2.34. The molecule has 0 unspecified atom stereocenters. The zero-order valence-corrected chi connectivity index (χ0v) is 22.5. The third-order valence-electron chi connectivity index (χ3n) is 6.79. The van der Waals surface area contributed by atoms with Gasteiger partial charge in [0.25, 0.3) is 5.91 Å². The van der Waals surface area contributed by atoms with Crippen LogP contribution < -0.4 is 15.5 Å². The van der Waals surface area contributed by atoms with Gasteiger partial charge in [-0.2, -0.15) is 13.2 Å². The van der Waals surface area contributed by atoms with E-state index in [9.17, 15) is 31.9 Å². The van der Waals surface area contributed by atoms with Crippen molar-refractivity contribution in [2.75, 3.05) is 16.8 Å². The molecule has 0 saturated carbocycles. The molecule has 220 valence electrons. The van der Waals surface area contributed by atoms with Gasteiger partial charge in [-0.1, -0.05) is 30.3 Å². The number of aliphatic carboxylic acids is 1. The van der Waals surface area contributed by atoms with Crippen LogP contribution >= 0.6 is 0 Å². The highest BCUT2D eigenvalue weighted by Gasteiger charge is 2.34. The number of hydrogen-bond acceptors (Lipinski definition) is 3. The summed E-state index contributed by atoms with van der Waals surface area (Å²) < 4.78 is 53.5. The van der Waals surface area contributed by atoms with Crippen LogP contribution in [0.3, 0.4) is 0 Å². The summed E-state index contributed by atoms with van der Waals surface area (Å²) >= 11 is 0. The summed E-state index contributed by atoms with van der Waals surface area (Å²) in [6, 6.07) is 15.1. The smallest absolute Gasteiger partial charge is 0.419 e. The molecule has 0 heterocycles. The van der Waals surface area contributed by atoms with E-state index >= 15 is 0 Å². The van der Waals surface area contributed by atoms with Gasteiger partial charge in [-0.3, -0.25) is 14.5 Å². The number of anilines is 2. The predicted octanol–water partition coefficient (Wildman–Crippen LogP) is 7.25. The van der Waals surface area contributed by atoms with Crippen LogP contribution in [-0.4, -0.2) is 29.6 Å². The standard InChI is InChI=1S/C31H29F4N3O4/c32-27-15-12-24(18-26(27)31(33,34)35)37-30(42)38(25-13-10-22(11-14-25)21-4-2-1-3-5-21)19-20-6-8-23(9-7-20)29(41)36-17-16-28(39)40/h4,6-15,18H,1-3,5,16-17,19H2,(H,36,41)(H,37,42)(H,39,40). The first-order valence-corrected chi connectivity index (χ1v) is 13.3. The lowest BCUT2D eigenvalue weighted by Gasteiger charge is -2.24. The molecule has 11 heteroatoms. The van der Waals surface area contributed by atoms with Gasteiger partial charge in [0, 0.05) is 23.5 Å². The SMILES string of the molecule is O=C(O)CCNC(=O)c1ccc(CN(C(=O)Nc2ccc(F)c(C(F)(F)F)c2)c2ccc(C3=CCCCC3)cc2)cc1. The van der Waals surface area contributed by atoms with E-state index < -0.39 is 35.5 Å². The molecule has 3 aromatic rings. The van der Waals surface area contributed by atoms with Crippen molar-refractivity contribution in [3.8, 4) is 0 Å². The molecule has 4 rings (SSSR count). The number of nitrogens with zero attached hydrogens (tertiary/aromatic N) is 1. The second-order valence-corrected chi connectivity index (χ2v) is 9.83. The van der Waals surface area contributed by atoms with E-state index in [1.807, 2.05) is 12.1 Å². The molecular weight excluding hydrogens is 554 g/mol. The number of carboxylic acids is 1. The molecule has 7 nitrogen and oxygen atoms in total. The third kappa shape index (κ3) is 7.96. The molecule has 0 saturated heterocycles. The van der Waals surface area contributed by atoms with Gasteiger partial charge in [0.1, 0.15) is 5.82 Å². The molecule has 0 fully saturated rings. The average molecular weight is 584 g/mol. The Labute approximate surface area is 239 Å². The van der Waals surface area contributed by atoms with Gasteiger partial charge in [0.15, 0.2) is 0 Å². The van der Waals surface area contributed by atoms with Gasteiger partial charge in [0.05, 0.1) is 18.5 Å². The van der Waals surface area contributed by atoms with Crippen LogP contribution in [0.15, 0.2) is 72.8 Å². The molecule has 1 aliphatic rings. The monoisotopic (exact) mass is 583 g/mol.